The molecule has 1 saturated heterocycles. The van der Waals surface area contributed by atoms with E-state index in [0.29, 0.717) is 11.3 Å². The van der Waals surface area contributed by atoms with E-state index in [9.17, 15) is 14.4 Å². The van der Waals surface area contributed by atoms with Crippen LogP contribution in [0.5, 0.6) is 0 Å². The summed E-state index contributed by atoms with van der Waals surface area (Å²) in [4.78, 5) is 36.1. The van der Waals surface area contributed by atoms with Gasteiger partial charge in [-0.1, -0.05) is 0 Å². The minimum atomic E-state index is -0.676. The fourth-order valence-electron chi connectivity index (χ4n) is 1.80. The number of carbonyl (C=O) groups is 3. The van der Waals surface area contributed by atoms with Crippen LogP contribution in [0.2, 0.25) is 0 Å². The minimum Gasteiger partial charge on any atom is -0.465 e. The minimum absolute atomic E-state index is 0.200. The van der Waals surface area contributed by atoms with Gasteiger partial charge in [-0.2, -0.15) is 0 Å². The highest BCUT2D eigenvalue weighted by molar-refractivity contribution is 8.15. The van der Waals surface area contributed by atoms with Gasteiger partial charge in [0.25, 0.3) is 11.1 Å². The van der Waals surface area contributed by atoms with Crippen molar-refractivity contribution in [1.29, 1.82) is 0 Å². The Morgan fingerprint density at radius 2 is 2.05 bits per heavy atom. The number of methoxy groups -OCH3 is 1. The first-order chi connectivity index (χ1) is 10.1. The van der Waals surface area contributed by atoms with Crippen LogP contribution in [0.25, 0.3) is 0 Å². The Hall–Kier alpha value is -1.73. The quantitative estimate of drug-likeness (QED) is 0.659. The van der Waals surface area contributed by atoms with Crippen molar-refractivity contribution in [3.05, 3.63) is 29.8 Å². The molecule has 112 valence electrons. The van der Waals surface area contributed by atoms with E-state index in [2.05, 4.69) is 10.1 Å². The zero-order valence-corrected chi connectivity index (χ0v) is 12.7. The molecule has 6 nitrogen and oxygen atoms in total. The van der Waals surface area contributed by atoms with E-state index in [-0.39, 0.29) is 23.6 Å². The van der Waals surface area contributed by atoms with Crippen molar-refractivity contribution in [2.75, 3.05) is 24.9 Å². The molecule has 1 aromatic carbocycles. The number of nitrogens with one attached hydrogen (secondary N) is 1. The summed E-state index contributed by atoms with van der Waals surface area (Å²) in [6.45, 7) is 0.200. The third-order valence-corrected chi connectivity index (χ3v) is 3.99. The smallest absolute Gasteiger partial charge is 0.337 e. The van der Waals surface area contributed by atoms with Crippen LogP contribution >= 0.6 is 23.4 Å². The summed E-state index contributed by atoms with van der Waals surface area (Å²) >= 11 is 6.47. The lowest BCUT2D eigenvalue weighted by Crippen LogP contribution is -2.35. The van der Waals surface area contributed by atoms with E-state index in [4.69, 9.17) is 11.6 Å². The summed E-state index contributed by atoms with van der Waals surface area (Å²) in [7, 11) is 1.30. The maximum absolute atomic E-state index is 12.0. The number of alkyl halides is 1. The molecule has 0 spiro atoms. The van der Waals surface area contributed by atoms with E-state index in [1.165, 1.54) is 7.11 Å². The Balaban J connectivity index is 2.04. The van der Waals surface area contributed by atoms with Gasteiger partial charge in [0.2, 0.25) is 0 Å². The van der Waals surface area contributed by atoms with Gasteiger partial charge in [-0.3, -0.25) is 14.5 Å². The first-order valence-electron chi connectivity index (χ1n) is 6.09. The predicted octanol–water partition coefficient (Wildman–Crippen LogP) is 2.15. The Bertz CT molecular complexity index is 564. The Labute approximate surface area is 130 Å². The molecule has 2 amide bonds. The fourth-order valence-corrected chi connectivity index (χ4v) is 2.90. The second kappa shape index (κ2) is 6.82. The average molecular weight is 329 g/mol. The average Bonchev–Trinajstić information content (AvgIpc) is 2.75. The normalized spacial score (nSPS) is 18.0. The lowest BCUT2D eigenvalue weighted by Gasteiger charge is -2.13. The molecule has 1 unspecified atom stereocenters. The highest BCUT2D eigenvalue weighted by Gasteiger charge is 2.39. The number of carbonyl (C=O) groups excluding carboxylic acids is 3. The summed E-state index contributed by atoms with van der Waals surface area (Å²) in [6.07, 6.45) is 0. The van der Waals surface area contributed by atoms with Gasteiger partial charge in [0.15, 0.2) is 5.37 Å². The molecule has 1 aliphatic rings. The van der Waals surface area contributed by atoms with Gasteiger partial charge in [-0.15, -0.1) is 11.6 Å². The van der Waals surface area contributed by atoms with Gasteiger partial charge in [-0.25, -0.2) is 4.79 Å². The summed E-state index contributed by atoms with van der Waals surface area (Å²) in [5.74, 6) is -0.544. The number of nitrogens with zero attached hydrogens (tertiary/aromatic N) is 1. The molecule has 1 aliphatic heterocycles. The highest BCUT2D eigenvalue weighted by atomic mass is 35.5. The van der Waals surface area contributed by atoms with Crippen LogP contribution in [-0.4, -0.2) is 46.9 Å². The largest absolute Gasteiger partial charge is 0.465 e. The molecular formula is C13H13ClN2O4S. The molecule has 0 bridgehead atoms. The molecular weight excluding hydrogens is 316 g/mol. The molecule has 1 heterocycles. The van der Waals surface area contributed by atoms with Crippen molar-refractivity contribution in [2.45, 2.75) is 5.37 Å². The Morgan fingerprint density at radius 3 is 2.62 bits per heavy atom. The predicted molar refractivity (Wildman–Crippen MR) is 80.6 cm³/mol. The van der Waals surface area contributed by atoms with Crippen LogP contribution in [0.4, 0.5) is 10.5 Å². The molecule has 0 saturated carbocycles. The highest BCUT2D eigenvalue weighted by Crippen LogP contribution is 2.28. The number of rotatable bonds is 5. The number of hydrogen-bond acceptors (Lipinski definition) is 6. The van der Waals surface area contributed by atoms with Crippen LogP contribution < -0.4 is 5.32 Å². The van der Waals surface area contributed by atoms with Gasteiger partial charge in [-0.05, 0) is 36.0 Å². The second-order valence-corrected chi connectivity index (χ2v) is 5.59. The molecule has 21 heavy (non-hydrogen) atoms. The number of imide groups is 1. The lowest BCUT2D eigenvalue weighted by atomic mass is 10.2. The van der Waals surface area contributed by atoms with Gasteiger partial charge in [0, 0.05) is 18.1 Å². The Morgan fingerprint density at radius 1 is 1.38 bits per heavy atom. The number of benzene rings is 1. The molecule has 0 aromatic heterocycles. The van der Waals surface area contributed by atoms with E-state index < -0.39 is 11.3 Å². The standard InChI is InChI=1S/C13H13ClN2O4S/c1-20-12(18)8-2-4-9(5-3-8)15-10-11(17)16(7-6-14)13(19)21-10/h2-5,10,15H,6-7H2,1H3. The number of halogens is 1. The summed E-state index contributed by atoms with van der Waals surface area (Å²) in [5, 5.41) is 1.96. The molecule has 1 fully saturated rings. The first kappa shape index (κ1) is 15.7. The lowest BCUT2D eigenvalue weighted by molar-refractivity contribution is -0.126. The molecule has 2 rings (SSSR count). The van der Waals surface area contributed by atoms with Gasteiger partial charge < -0.3 is 10.1 Å². The van der Waals surface area contributed by atoms with Crippen LogP contribution in [0.3, 0.4) is 0 Å². The van der Waals surface area contributed by atoms with Crippen molar-refractivity contribution in [3.8, 4) is 0 Å². The molecule has 1 atom stereocenters. The zero-order chi connectivity index (χ0) is 15.4. The Kier molecular flexibility index (Phi) is 5.08. The number of hydrogen-bond donors (Lipinski definition) is 1. The van der Waals surface area contributed by atoms with Crippen LogP contribution in [0.15, 0.2) is 24.3 Å². The molecule has 1 N–H and O–H groups in total. The van der Waals surface area contributed by atoms with Crippen LogP contribution in [-0.2, 0) is 9.53 Å². The van der Waals surface area contributed by atoms with Crippen molar-refractivity contribution in [1.82, 2.24) is 4.90 Å². The van der Waals surface area contributed by atoms with Crippen molar-refractivity contribution >= 4 is 46.2 Å². The third kappa shape index (κ3) is 3.48. The topological polar surface area (TPSA) is 75.7 Å². The van der Waals surface area contributed by atoms with E-state index in [1.807, 2.05) is 0 Å². The molecule has 0 radical (unpaired) electrons. The SMILES string of the molecule is COC(=O)c1ccc(NC2SC(=O)N(CCCl)C2=O)cc1. The van der Waals surface area contributed by atoms with Crippen molar-refractivity contribution in [2.24, 2.45) is 0 Å². The van der Waals surface area contributed by atoms with E-state index >= 15 is 0 Å². The summed E-state index contributed by atoms with van der Waals surface area (Å²) < 4.78 is 4.60. The number of ether oxygens (including phenoxy) is 1. The second-order valence-electron chi connectivity index (χ2n) is 4.16. The van der Waals surface area contributed by atoms with Crippen molar-refractivity contribution < 1.29 is 19.1 Å². The summed E-state index contributed by atoms with van der Waals surface area (Å²) in [6, 6.07) is 6.46. The number of thioether (sulfide) groups is 1. The monoisotopic (exact) mass is 328 g/mol. The third-order valence-electron chi connectivity index (χ3n) is 2.84. The zero-order valence-electron chi connectivity index (χ0n) is 11.2. The van der Waals surface area contributed by atoms with Crippen LogP contribution in [0, 0.1) is 0 Å². The number of esters is 1. The molecule has 8 heteroatoms. The maximum atomic E-state index is 12.0. The number of anilines is 1. The van der Waals surface area contributed by atoms with Gasteiger partial charge in [0.05, 0.1) is 12.7 Å². The summed E-state index contributed by atoms with van der Waals surface area (Å²) in [5.41, 5.74) is 1.04. The van der Waals surface area contributed by atoms with Gasteiger partial charge >= 0.3 is 5.97 Å². The van der Waals surface area contributed by atoms with Crippen molar-refractivity contribution in [3.63, 3.8) is 0 Å². The molecule has 1 aromatic rings. The first-order valence-corrected chi connectivity index (χ1v) is 7.51. The molecule has 0 aliphatic carbocycles. The number of amides is 2. The van der Waals surface area contributed by atoms with E-state index in [1.54, 1.807) is 24.3 Å². The van der Waals surface area contributed by atoms with E-state index in [0.717, 1.165) is 16.7 Å². The van der Waals surface area contributed by atoms with Gasteiger partial charge in [0.1, 0.15) is 0 Å². The fraction of sp³-hybridized carbons (Fsp3) is 0.308. The maximum Gasteiger partial charge on any atom is 0.337 e. The van der Waals surface area contributed by atoms with Crippen LogP contribution in [0.1, 0.15) is 10.4 Å².